The summed E-state index contributed by atoms with van der Waals surface area (Å²) in [6.45, 7) is 3.43. The predicted octanol–water partition coefficient (Wildman–Crippen LogP) is 0.427. The molecule has 2 N–H and O–H groups in total. The molecule has 0 aromatic heterocycles. The lowest BCUT2D eigenvalue weighted by molar-refractivity contribution is -0.149. The van der Waals surface area contributed by atoms with Crippen LogP contribution in [0, 0.1) is 5.41 Å². The van der Waals surface area contributed by atoms with Crippen molar-refractivity contribution in [1.82, 2.24) is 4.72 Å². The Hall–Kier alpha value is -0.620. The summed E-state index contributed by atoms with van der Waals surface area (Å²) in [6.07, 6.45) is 1.83. The fraction of sp³-hybridized carbons (Fsp3) is 0.875. The van der Waals surface area contributed by atoms with Gasteiger partial charge in [0.1, 0.15) is 0 Å². The average molecular weight is 223 g/mol. The van der Waals surface area contributed by atoms with E-state index in [1.807, 2.05) is 0 Å². The van der Waals surface area contributed by atoms with Gasteiger partial charge in [-0.05, 0) is 12.8 Å². The maximum atomic E-state index is 11.0. The van der Waals surface area contributed by atoms with Crippen molar-refractivity contribution in [3.63, 3.8) is 0 Å². The molecule has 84 valence electrons. The third-order valence-electron chi connectivity index (χ3n) is 2.48. The van der Waals surface area contributed by atoms with Gasteiger partial charge in [-0.15, -0.1) is 0 Å². The summed E-state index contributed by atoms with van der Waals surface area (Å²) in [4.78, 5) is 11.0. The summed E-state index contributed by atoms with van der Waals surface area (Å²) in [5.74, 6) is -0.960. The van der Waals surface area contributed by atoms with Gasteiger partial charge in [0.2, 0.25) is 10.0 Å². The molecule has 0 amide bonds. The van der Waals surface area contributed by atoms with E-state index in [1.54, 1.807) is 13.8 Å². The Morgan fingerprint density at radius 2 is 1.79 bits per heavy atom. The zero-order valence-electron chi connectivity index (χ0n) is 8.70. The SMILES string of the molecule is CCC(CC)(CNS(C)(=O)=O)C(=O)O. The molecule has 6 heteroatoms. The third kappa shape index (κ3) is 3.63. The van der Waals surface area contributed by atoms with Gasteiger partial charge >= 0.3 is 5.97 Å². The zero-order chi connectivity index (χ0) is 11.4. The minimum absolute atomic E-state index is 0.0475. The largest absolute Gasteiger partial charge is 0.481 e. The number of hydrogen-bond donors (Lipinski definition) is 2. The molecule has 14 heavy (non-hydrogen) atoms. The molecule has 0 fully saturated rings. The molecule has 0 heterocycles. The van der Waals surface area contributed by atoms with E-state index < -0.39 is 21.4 Å². The summed E-state index contributed by atoms with van der Waals surface area (Å²) >= 11 is 0. The number of aliphatic carboxylic acids is 1. The Labute approximate surface area is 84.6 Å². The first-order valence-electron chi connectivity index (χ1n) is 4.45. The van der Waals surface area contributed by atoms with E-state index in [4.69, 9.17) is 5.11 Å². The molecule has 0 bridgehead atoms. The summed E-state index contributed by atoms with van der Waals surface area (Å²) in [5, 5.41) is 8.99. The number of sulfonamides is 1. The van der Waals surface area contributed by atoms with Crippen LogP contribution in [0.2, 0.25) is 0 Å². The lowest BCUT2D eigenvalue weighted by Crippen LogP contribution is -2.42. The first kappa shape index (κ1) is 13.4. The quantitative estimate of drug-likeness (QED) is 0.684. The molecule has 0 rings (SSSR count). The summed E-state index contributed by atoms with van der Waals surface area (Å²) in [6, 6.07) is 0. The molecule has 0 atom stereocenters. The number of carbonyl (C=O) groups is 1. The van der Waals surface area contributed by atoms with E-state index in [-0.39, 0.29) is 6.54 Å². The Morgan fingerprint density at radius 3 is 2.00 bits per heavy atom. The lowest BCUT2D eigenvalue weighted by atomic mass is 9.83. The van der Waals surface area contributed by atoms with Gasteiger partial charge in [-0.1, -0.05) is 13.8 Å². The maximum absolute atomic E-state index is 11.0. The normalized spacial score (nSPS) is 12.8. The Kier molecular flexibility index (Phi) is 4.54. The van der Waals surface area contributed by atoms with Crippen LogP contribution in [0.1, 0.15) is 26.7 Å². The van der Waals surface area contributed by atoms with Gasteiger partial charge in [-0.2, -0.15) is 0 Å². The number of hydrogen-bond acceptors (Lipinski definition) is 3. The van der Waals surface area contributed by atoms with Crippen LogP contribution in [-0.2, 0) is 14.8 Å². The van der Waals surface area contributed by atoms with Crippen LogP contribution in [0.25, 0.3) is 0 Å². The number of nitrogens with one attached hydrogen (secondary N) is 1. The second-order valence-electron chi connectivity index (χ2n) is 3.39. The highest BCUT2D eigenvalue weighted by Gasteiger charge is 2.35. The number of rotatable bonds is 6. The molecular formula is C8H17NO4S. The fourth-order valence-electron chi connectivity index (χ4n) is 1.15. The zero-order valence-corrected chi connectivity index (χ0v) is 9.52. The molecule has 0 aliphatic heterocycles. The summed E-state index contributed by atoms with van der Waals surface area (Å²) in [5.41, 5.74) is -0.983. The van der Waals surface area contributed by atoms with Crippen LogP contribution >= 0.6 is 0 Å². The van der Waals surface area contributed by atoms with Gasteiger partial charge in [-0.3, -0.25) is 4.79 Å². The van der Waals surface area contributed by atoms with Crippen LogP contribution in [0.15, 0.2) is 0 Å². The minimum Gasteiger partial charge on any atom is -0.481 e. The molecule has 0 saturated heterocycles. The predicted molar refractivity (Wildman–Crippen MR) is 53.5 cm³/mol. The molecule has 0 saturated carbocycles. The van der Waals surface area contributed by atoms with Gasteiger partial charge in [0, 0.05) is 6.54 Å². The maximum Gasteiger partial charge on any atom is 0.310 e. The Bertz CT molecular complexity index is 292. The van der Waals surface area contributed by atoms with Crippen molar-refractivity contribution in [2.75, 3.05) is 12.8 Å². The molecule has 0 aromatic carbocycles. The van der Waals surface area contributed by atoms with Crippen molar-refractivity contribution in [1.29, 1.82) is 0 Å². The van der Waals surface area contributed by atoms with Crippen LogP contribution in [0.4, 0.5) is 0 Å². The second-order valence-corrected chi connectivity index (χ2v) is 5.22. The van der Waals surface area contributed by atoms with Crippen LogP contribution in [0.5, 0.6) is 0 Å². The second kappa shape index (κ2) is 4.75. The van der Waals surface area contributed by atoms with Crippen molar-refractivity contribution in [3.05, 3.63) is 0 Å². The third-order valence-corrected chi connectivity index (χ3v) is 3.15. The van der Waals surface area contributed by atoms with Crippen LogP contribution in [-0.4, -0.2) is 32.3 Å². The molecule has 5 nitrogen and oxygen atoms in total. The molecule has 0 radical (unpaired) electrons. The molecule has 0 spiro atoms. The topological polar surface area (TPSA) is 83.5 Å². The monoisotopic (exact) mass is 223 g/mol. The van der Waals surface area contributed by atoms with Crippen molar-refractivity contribution in [3.8, 4) is 0 Å². The smallest absolute Gasteiger partial charge is 0.310 e. The van der Waals surface area contributed by atoms with Crippen LogP contribution in [0.3, 0.4) is 0 Å². The number of carboxylic acid groups (broad SMARTS) is 1. The minimum atomic E-state index is -3.32. The van der Waals surface area contributed by atoms with Gasteiger partial charge in [0.05, 0.1) is 11.7 Å². The van der Waals surface area contributed by atoms with Crippen molar-refractivity contribution < 1.29 is 18.3 Å². The van der Waals surface area contributed by atoms with Crippen molar-refractivity contribution in [2.45, 2.75) is 26.7 Å². The van der Waals surface area contributed by atoms with Gasteiger partial charge < -0.3 is 5.11 Å². The summed E-state index contributed by atoms with van der Waals surface area (Å²) in [7, 11) is -3.32. The van der Waals surface area contributed by atoms with Crippen molar-refractivity contribution in [2.24, 2.45) is 5.41 Å². The molecule has 0 aromatic rings. The summed E-state index contributed by atoms with van der Waals surface area (Å²) < 4.78 is 23.9. The highest BCUT2D eigenvalue weighted by atomic mass is 32.2. The van der Waals surface area contributed by atoms with Gasteiger partial charge in [-0.25, -0.2) is 13.1 Å². The van der Waals surface area contributed by atoms with Crippen LogP contribution < -0.4 is 4.72 Å². The molecular weight excluding hydrogens is 206 g/mol. The Morgan fingerprint density at radius 1 is 1.36 bits per heavy atom. The number of carboxylic acids is 1. The highest BCUT2D eigenvalue weighted by Crippen LogP contribution is 2.25. The first-order chi connectivity index (χ1) is 6.27. The average Bonchev–Trinajstić information content (AvgIpc) is 2.04. The van der Waals surface area contributed by atoms with Gasteiger partial charge in [0.25, 0.3) is 0 Å². The van der Waals surface area contributed by atoms with E-state index in [1.165, 1.54) is 0 Å². The fourth-order valence-corrected chi connectivity index (χ4v) is 1.69. The first-order valence-corrected chi connectivity index (χ1v) is 6.34. The van der Waals surface area contributed by atoms with Crippen molar-refractivity contribution >= 4 is 16.0 Å². The van der Waals surface area contributed by atoms with E-state index in [0.29, 0.717) is 12.8 Å². The van der Waals surface area contributed by atoms with E-state index in [9.17, 15) is 13.2 Å². The highest BCUT2D eigenvalue weighted by molar-refractivity contribution is 7.88. The molecule has 0 unspecified atom stereocenters. The molecule has 0 aliphatic rings. The standard InChI is InChI=1S/C8H17NO4S/c1-4-8(5-2,7(10)11)6-9-14(3,12)13/h9H,4-6H2,1-3H3,(H,10,11). The van der Waals surface area contributed by atoms with E-state index in [2.05, 4.69) is 4.72 Å². The van der Waals surface area contributed by atoms with Gasteiger partial charge in [0.15, 0.2) is 0 Å². The van der Waals surface area contributed by atoms with E-state index >= 15 is 0 Å². The van der Waals surface area contributed by atoms with E-state index in [0.717, 1.165) is 6.26 Å². The Balaban J connectivity index is 4.61. The lowest BCUT2D eigenvalue weighted by Gasteiger charge is -2.26. The molecule has 0 aliphatic carbocycles.